The van der Waals surface area contributed by atoms with Crippen LogP contribution in [0.4, 0.5) is 0 Å². The summed E-state index contributed by atoms with van der Waals surface area (Å²) < 4.78 is 10.6. The molecule has 2 heterocycles. The third-order valence-electron chi connectivity index (χ3n) is 2.90. The van der Waals surface area contributed by atoms with E-state index in [0.717, 1.165) is 23.5 Å². The lowest BCUT2D eigenvalue weighted by Crippen LogP contribution is -2.30. The smallest absolute Gasteiger partial charge is 0.225 e. The van der Waals surface area contributed by atoms with Crippen LogP contribution in [0, 0.1) is 19.8 Å². The van der Waals surface area contributed by atoms with Crippen molar-refractivity contribution in [3.8, 4) is 0 Å². The quantitative estimate of drug-likeness (QED) is 0.845. The van der Waals surface area contributed by atoms with E-state index >= 15 is 0 Å². The zero-order chi connectivity index (χ0) is 11.5. The maximum Gasteiger partial charge on any atom is 0.225 e. The lowest BCUT2D eigenvalue weighted by atomic mass is 10.1. The van der Waals surface area contributed by atoms with Crippen molar-refractivity contribution in [3.63, 3.8) is 0 Å². The Bertz CT molecular complexity index is 378. The summed E-state index contributed by atoms with van der Waals surface area (Å²) in [6.45, 7) is 5.60. The molecule has 1 aromatic rings. The monoisotopic (exact) mass is 223 g/mol. The van der Waals surface area contributed by atoms with Gasteiger partial charge >= 0.3 is 0 Å². The molecular formula is C12H17NO3. The fourth-order valence-corrected chi connectivity index (χ4v) is 1.93. The van der Waals surface area contributed by atoms with Crippen molar-refractivity contribution >= 4 is 5.91 Å². The summed E-state index contributed by atoms with van der Waals surface area (Å²) in [6.07, 6.45) is 0.829. The summed E-state index contributed by atoms with van der Waals surface area (Å²) in [7, 11) is 0. The van der Waals surface area contributed by atoms with Crippen molar-refractivity contribution < 1.29 is 13.9 Å². The first-order valence-electron chi connectivity index (χ1n) is 5.58. The molecule has 1 aliphatic rings. The van der Waals surface area contributed by atoms with E-state index in [2.05, 4.69) is 5.32 Å². The fraction of sp³-hybridized carbons (Fsp3) is 0.583. The summed E-state index contributed by atoms with van der Waals surface area (Å²) in [6, 6.07) is 1.96. The molecule has 1 amide bonds. The van der Waals surface area contributed by atoms with Gasteiger partial charge in [-0.05, 0) is 26.3 Å². The first-order chi connectivity index (χ1) is 7.66. The van der Waals surface area contributed by atoms with Crippen LogP contribution in [0.15, 0.2) is 10.5 Å². The van der Waals surface area contributed by atoms with E-state index in [0.29, 0.717) is 19.8 Å². The molecule has 1 N–H and O–H groups in total. The SMILES string of the molecule is Cc1cc(CNC(=O)[C@@H]2CCOC2)c(C)o1. The molecule has 0 unspecified atom stereocenters. The van der Waals surface area contributed by atoms with Crippen LogP contribution in [0.2, 0.25) is 0 Å². The second kappa shape index (κ2) is 4.70. The first-order valence-corrected chi connectivity index (χ1v) is 5.58. The Morgan fingerprint density at radius 1 is 1.56 bits per heavy atom. The Morgan fingerprint density at radius 3 is 2.94 bits per heavy atom. The van der Waals surface area contributed by atoms with E-state index in [9.17, 15) is 4.79 Å². The fourth-order valence-electron chi connectivity index (χ4n) is 1.93. The number of ether oxygens (including phenoxy) is 1. The molecule has 0 saturated carbocycles. The lowest BCUT2D eigenvalue weighted by molar-refractivity contribution is -0.125. The number of nitrogens with one attached hydrogen (secondary N) is 1. The van der Waals surface area contributed by atoms with Crippen LogP contribution in [0.5, 0.6) is 0 Å². The molecule has 2 rings (SSSR count). The minimum Gasteiger partial charge on any atom is -0.466 e. The number of hydrogen-bond acceptors (Lipinski definition) is 3. The third kappa shape index (κ3) is 2.44. The Labute approximate surface area is 95.0 Å². The molecule has 0 aliphatic carbocycles. The van der Waals surface area contributed by atoms with Crippen LogP contribution in [0.25, 0.3) is 0 Å². The highest BCUT2D eigenvalue weighted by atomic mass is 16.5. The minimum atomic E-state index is 0.0216. The van der Waals surface area contributed by atoms with Crippen LogP contribution in [-0.4, -0.2) is 19.1 Å². The molecule has 1 aliphatic heterocycles. The molecule has 88 valence electrons. The predicted molar refractivity (Wildman–Crippen MR) is 59.0 cm³/mol. The van der Waals surface area contributed by atoms with Gasteiger partial charge in [-0.2, -0.15) is 0 Å². The van der Waals surface area contributed by atoms with Gasteiger partial charge in [-0.1, -0.05) is 0 Å². The van der Waals surface area contributed by atoms with Crippen molar-refractivity contribution in [2.45, 2.75) is 26.8 Å². The summed E-state index contributed by atoms with van der Waals surface area (Å²) in [5.41, 5.74) is 1.05. The molecule has 0 radical (unpaired) electrons. The number of furan rings is 1. The Balaban J connectivity index is 1.87. The zero-order valence-electron chi connectivity index (χ0n) is 9.71. The molecule has 0 spiro atoms. The van der Waals surface area contributed by atoms with Gasteiger partial charge in [0.15, 0.2) is 0 Å². The average molecular weight is 223 g/mol. The summed E-state index contributed by atoms with van der Waals surface area (Å²) in [5, 5.41) is 2.92. The Kier molecular flexibility index (Phi) is 3.29. The average Bonchev–Trinajstić information content (AvgIpc) is 2.84. The number of hydrogen-bond donors (Lipinski definition) is 1. The van der Waals surface area contributed by atoms with Gasteiger partial charge in [-0.15, -0.1) is 0 Å². The molecule has 16 heavy (non-hydrogen) atoms. The Hall–Kier alpha value is -1.29. The molecule has 0 bridgehead atoms. The van der Waals surface area contributed by atoms with Gasteiger partial charge in [0.05, 0.1) is 12.5 Å². The summed E-state index contributed by atoms with van der Waals surface area (Å²) in [5.74, 6) is 1.86. The number of rotatable bonds is 3. The maximum absolute atomic E-state index is 11.7. The number of carbonyl (C=O) groups excluding carboxylic acids is 1. The highest BCUT2D eigenvalue weighted by Gasteiger charge is 2.23. The summed E-state index contributed by atoms with van der Waals surface area (Å²) in [4.78, 5) is 11.7. The van der Waals surface area contributed by atoms with Gasteiger partial charge in [-0.25, -0.2) is 0 Å². The molecule has 1 atom stereocenters. The molecular weight excluding hydrogens is 206 g/mol. The highest BCUT2D eigenvalue weighted by Crippen LogP contribution is 2.15. The van der Waals surface area contributed by atoms with E-state index in [1.807, 2.05) is 19.9 Å². The van der Waals surface area contributed by atoms with Gasteiger partial charge in [0.1, 0.15) is 11.5 Å². The van der Waals surface area contributed by atoms with E-state index in [-0.39, 0.29) is 11.8 Å². The van der Waals surface area contributed by atoms with Crippen molar-refractivity contribution in [2.24, 2.45) is 5.92 Å². The number of aryl methyl sites for hydroxylation is 2. The normalized spacial score (nSPS) is 20.0. The molecule has 1 fully saturated rings. The van der Waals surface area contributed by atoms with Crippen molar-refractivity contribution in [1.29, 1.82) is 0 Å². The first kappa shape index (κ1) is 11.2. The number of carbonyl (C=O) groups is 1. The van der Waals surface area contributed by atoms with Crippen LogP contribution in [0.3, 0.4) is 0 Å². The van der Waals surface area contributed by atoms with E-state index < -0.39 is 0 Å². The topological polar surface area (TPSA) is 51.5 Å². The van der Waals surface area contributed by atoms with Gasteiger partial charge in [0.25, 0.3) is 0 Å². The lowest BCUT2D eigenvalue weighted by Gasteiger charge is -2.08. The van der Waals surface area contributed by atoms with Crippen LogP contribution < -0.4 is 5.32 Å². The van der Waals surface area contributed by atoms with Crippen molar-refractivity contribution in [3.05, 3.63) is 23.2 Å². The molecule has 4 nitrogen and oxygen atoms in total. The molecule has 1 saturated heterocycles. The largest absolute Gasteiger partial charge is 0.466 e. The van der Waals surface area contributed by atoms with Gasteiger partial charge in [0, 0.05) is 18.7 Å². The van der Waals surface area contributed by atoms with E-state index in [1.54, 1.807) is 0 Å². The van der Waals surface area contributed by atoms with Gasteiger partial charge < -0.3 is 14.5 Å². The summed E-state index contributed by atoms with van der Waals surface area (Å²) >= 11 is 0. The van der Waals surface area contributed by atoms with Gasteiger partial charge in [0.2, 0.25) is 5.91 Å². The molecule has 0 aromatic carbocycles. The van der Waals surface area contributed by atoms with Gasteiger partial charge in [-0.3, -0.25) is 4.79 Å². The van der Waals surface area contributed by atoms with E-state index in [1.165, 1.54) is 0 Å². The van der Waals surface area contributed by atoms with Crippen LogP contribution in [-0.2, 0) is 16.1 Å². The van der Waals surface area contributed by atoms with Crippen molar-refractivity contribution in [1.82, 2.24) is 5.32 Å². The maximum atomic E-state index is 11.7. The predicted octanol–water partition coefficient (Wildman–Crippen LogP) is 1.55. The van der Waals surface area contributed by atoms with Crippen LogP contribution in [0.1, 0.15) is 23.5 Å². The second-order valence-corrected chi connectivity index (χ2v) is 4.22. The standard InChI is InChI=1S/C12H17NO3/c1-8-5-11(9(2)16-8)6-13-12(14)10-3-4-15-7-10/h5,10H,3-4,6-7H2,1-2H3,(H,13,14)/t10-/m1/s1. The number of amides is 1. The molecule has 1 aromatic heterocycles. The zero-order valence-corrected chi connectivity index (χ0v) is 9.71. The second-order valence-electron chi connectivity index (χ2n) is 4.22. The minimum absolute atomic E-state index is 0.0216. The Morgan fingerprint density at radius 2 is 2.38 bits per heavy atom. The van der Waals surface area contributed by atoms with Crippen molar-refractivity contribution in [2.75, 3.05) is 13.2 Å². The van der Waals surface area contributed by atoms with E-state index in [4.69, 9.17) is 9.15 Å². The third-order valence-corrected chi connectivity index (χ3v) is 2.90. The molecule has 4 heteroatoms. The highest BCUT2D eigenvalue weighted by molar-refractivity contribution is 5.78. The van der Waals surface area contributed by atoms with Crippen LogP contribution >= 0.6 is 0 Å².